The summed E-state index contributed by atoms with van der Waals surface area (Å²) >= 11 is 0. The van der Waals surface area contributed by atoms with Crippen LogP contribution in [-0.4, -0.2) is 19.5 Å². The smallest absolute Gasteiger partial charge is 0.137 e. The molecule has 4 rings (SSSR count). The number of aliphatic hydroxyl groups is 1. The van der Waals surface area contributed by atoms with Crippen LogP contribution in [0.15, 0.2) is 73.2 Å². The molecular weight excluding hydrogens is 286 g/mol. The van der Waals surface area contributed by atoms with E-state index in [9.17, 15) is 5.11 Å². The summed E-state index contributed by atoms with van der Waals surface area (Å²) in [5.41, 5.74) is 5.66. The van der Waals surface area contributed by atoms with E-state index in [0.717, 1.165) is 33.7 Å². The Morgan fingerprint density at radius 3 is 2.65 bits per heavy atom. The van der Waals surface area contributed by atoms with Crippen LogP contribution in [0.25, 0.3) is 28.2 Å². The van der Waals surface area contributed by atoms with Crippen molar-refractivity contribution < 1.29 is 5.11 Å². The molecule has 0 fully saturated rings. The summed E-state index contributed by atoms with van der Waals surface area (Å²) in [6, 6.07) is 17.7. The van der Waals surface area contributed by atoms with Crippen LogP contribution in [0.3, 0.4) is 0 Å². The van der Waals surface area contributed by atoms with Crippen molar-refractivity contribution in [1.29, 1.82) is 0 Å². The molecule has 3 heterocycles. The van der Waals surface area contributed by atoms with Crippen molar-refractivity contribution in [2.45, 2.75) is 6.61 Å². The van der Waals surface area contributed by atoms with E-state index >= 15 is 0 Å². The molecule has 0 aliphatic rings. The van der Waals surface area contributed by atoms with Gasteiger partial charge in [0, 0.05) is 18.6 Å². The van der Waals surface area contributed by atoms with Crippen molar-refractivity contribution in [1.82, 2.24) is 14.4 Å². The van der Waals surface area contributed by atoms with Crippen molar-refractivity contribution in [2.75, 3.05) is 0 Å². The van der Waals surface area contributed by atoms with Gasteiger partial charge >= 0.3 is 0 Å². The summed E-state index contributed by atoms with van der Waals surface area (Å²) in [7, 11) is 0. The van der Waals surface area contributed by atoms with Crippen molar-refractivity contribution in [3.8, 4) is 22.5 Å². The Kier molecular flexibility index (Phi) is 3.37. The minimum Gasteiger partial charge on any atom is -0.392 e. The number of hydrogen-bond donors (Lipinski definition) is 1. The zero-order valence-corrected chi connectivity index (χ0v) is 12.4. The average molecular weight is 301 g/mol. The molecule has 4 aromatic rings. The van der Waals surface area contributed by atoms with Gasteiger partial charge in [0.1, 0.15) is 11.3 Å². The molecule has 1 N–H and O–H groups in total. The Labute approximate surface area is 133 Å². The van der Waals surface area contributed by atoms with Crippen molar-refractivity contribution in [3.63, 3.8) is 0 Å². The molecule has 0 bridgehead atoms. The normalized spacial score (nSPS) is 11.0. The van der Waals surface area contributed by atoms with Gasteiger partial charge in [0.2, 0.25) is 0 Å². The molecule has 0 atom stereocenters. The van der Waals surface area contributed by atoms with Gasteiger partial charge in [0.15, 0.2) is 0 Å². The Bertz CT molecular complexity index is 961. The standard InChI is InChI=1S/C19H15N3O/c23-13-14-4-3-5-15(10-14)16-7-8-19-21-18(12-22(19)11-16)17-6-1-2-9-20-17/h1-12,23H,13H2. The lowest BCUT2D eigenvalue weighted by Gasteiger charge is -2.04. The molecule has 0 saturated carbocycles. The van der Waals surface area contributed by atoms with Crippen molar-refractivity contribution >= 4 is 5.65 Å². The maximum Gasteiger partial charge on any atom is 0.137 e. The molecule has 0 aliphatic carbocycles. The van der Waals surface area contributed by atoms with E-state index in [1.807, 2.05) is 71.4 Å². The zero-order valence-electron chi connectivity index (χ0n) is 12.4. The fraction of sp³-hybridized carbons (Fsp3) is 0.0526. The predicted molar refractivity (Wildman–Crippen MR) is 89.8 cm³/mol. The number of hydrogen-bond acceptors (Lipinski definition) is 3. The summed E-state index contributed by atoms with van der Waals surface area (Å²) in [5, 5.41) is 9.29. The molecular formula is C19H15N3O. The summed E-state index contributed by atoms with van der Waals surface area (Å²) in [4.78, 5) is 8.96. The lowest BCUT2D eigenvalue weighted by molar-refractivity contribution is 0.282. The molecule has 112 valence electrons. The molecule has 4 nitrogen and oxygen atoms in total. The fourth-order valence-corrected chi connectivity index (χ4v) is 2.65. The van der Waals surface area contributed by atoms with Crippen LogP contribution in [0, 0.1) is 0 Å². The fourth-order valence-electron chi connectivity index (χ4n) is 2.65. The maximum absolute atomic E-state index is 9.29. The van der Waals surface area contributed by atoms with E-state index in [1.165, 1.54) is 0 Å². The SMILES string of the molecule is OCc1cccc(-c2ccc3nc(-c4ccccn4)cn3c2)c1. The van der Waals surface area contributed by atoms with Gasteiger partial charge in [-0.05, 0) is 47.0 Å². The average Bonchev–Trinajstić information content (AvgIpc) is 3.06. The van der Waals surface area contributed by atoms with Crippen LogP contribution in [0.5, 0.6) is 0 Å². The van der Waals surface area contributed by atoms with Crippen LogP contribution < -0.4 is 0 Å². The lowest BCUT2D eigenvalue weighted by Crippen LogP contribution is -1.87. The summed E-state index contributed by atoms with van der Waals surface area (Å²) in [6.45, 7) is 0.0466. The van der Waals surface area contributed by atoms with E-state index < -0.39 is 0 Å². The first-order chi connectivity index (χ1) is 11.3. The number of imidazole rings is 1. The first-order valence-corrected chi connectivity index (χ1v) is 7.44. The molecule has 0 spiro atoms. The van der Waals surface area contributed by atoms with E-state index in [2.05, 4.69) is 9.97 Å². The number of pyridine rings is 2. The number of fused-ring (bicyclic) bond motifs is 1. The Balaban J connectivity index is 1.79. The summed E-state index contributed by atoms with van der Waals surface area (Å²) in [6.07, 6.45) is 5.80. The lowest BCUT2D eigenvalue weighted by atomic mass is 10.1. The Morgan fingerprint density at radius 2 is 1.83 bits per heavy atom. The first kappa shape index (κ1) is 13.7. The summed E-state index contributed by atoms with van der Waals surface area (Å²) < 4.78 is 2.00. The molecule has 4 heteroatoms. The van der Waals surface area contributed by atoms with E-state index in [-0.39, 0.29) is 6.61 Å². The second-order valence-corrected chi connectivity index (χ2v) is 5.38. The number of rotatable bonds is 3. The van der Waals surface area contributed by atoms with Crippen LogP contribution in [0.1, 0.15) is 5.56 Å². The van der Waals surface area contributed by atoms with E-state index in [1.54, 1.807) is 6.20 Å². The van der Waals surface area contributed by atoms with Crippen molar-refractivity contribution in [2.24, 2.45) is 0 Å². The maximum atomic E-state index is 9.29. The highest BCUT2D eigenvalue weighted by Gasteiger charge is 2.06. The third kappa shape index (κ3) is 2.60. The monoisotopic (exact) mass is 301 g/mol. The number of aliphatic hydroxyl groups excluding tert-OH is 1. The van der Waals surface area contributed by atoms with Gasteiger partial charge < -0.3 is 9.51 Å². The van der Waals surface area contributed by atoms with Gasteiger partial charge in [-0.2, -0.15) is 0 Å². The zero-order chi connectivity index (χ0) is 15.6. The Hall–Kier alpha value is -2.98. The van der Waals surface area contributed by atoms with Gasteiger partial charge in [0.25, 0.3) is 0 Å². The number of nitrogens with zero attached hydrogens (tertiary/aromatic N) is 3. The van der Waals surface area contributed by atoms with Gasteiger partial charge in [-0.1, -0.05) is 24.3 Å². The molecule has 0 amide bonds. The highest BCUT2D eigenvalue weighted by Crippen LogP contribution is 2.23. The van der Waals surface area contributed by atoms with Gasteiger partial charge in [0.05, 0.1) is 12.3 Å². The van der Waals surface area contributed by atoms with Crippen LogP contribution in [-0.2, 0) is 6.61 Å². The third-order valence-electron chi connectivity index (χ3n) is 3.82. The molecule has 1 aromatic carbocycles. The molecule has 0 unspecified atom stereocenters. The van der Waals surface area contributed by atoms with Crippen LogP contribution in [0.2, 0.25) is 0 Å². The van der Waals surface area contributed by atoms with Crippen LogP contribution in [0.4, 0.5) is 0 Å². The second kappa shape index (κ2) is 5.66. The highest BCUT2D eigenvalue weighted by atomic mass is 16.3. The highest BCUT2D eigenvalue weighted by molar-refractivity contribution is 5.67. The van der Waals surface area contributed by atoms with Gasteiger partial charge in [-0.3, -0.25) is 4.98 Å². The quantitative estimate of drug-likeness (QED) is 0.629. The second-order valence-electron chi connectivity index (χ2n) is 5.38. The van der Waals surface area contributed by atoms with Crippen molar-refractivity contribution in [3.05, 3.63) is 78.8 Å². The number of aromatic nitrogens is 3. The molecule has 23 heavy (non-hydrogen) atoms. The minimum atomic E-state index is 0.0466. The molecule has 0 saturated heterocycles. The minimum absolute atomic E-state index is 0.0466. The van der Waals surface area contributed by atoms with E-state index in [4.69, 9.17) is 0 Å². The third-order valence-corrected chi connectivity index (χ3v) is 3.82. The first-order valence-electron chi connectivity index (χ1n) is 7.44. The molecule has 0 aliphatic heterocycles. The largest absolute Gasteiger partial charge is 0.392 e. The Morgan fingerprint density at radius 1 is 0.870 bits per heavy atom. The van der Waals surface area contributed by atoms with Gasteiger partial charge in [-0.25, -0.2) is 4.98 Å². The van der Waals surface area contributed by atoms with Gasteiger partial charge in [-0.15, -0.1) is 0 Å². The molecule has 0 radical (unpaired) electrons. The topological polar surface area (TPSA) is 50.4 Å². The van der Waals surface area contributed by atoms with Crippen LogP contribution >= 0.6 is 0 Å². The molecule has 3 aromatic heterocycles. The summed E-state index contributed by atoms with van der Waals surface area (Å²) in [5.74, 6) is 0. The van der Waals surface area contributed by atoms with E-state index in [0.29, 0.717) is 0 Å². The predicted octanol–water partition coefficient (Wildman–Crippen LogP) is 3.56. The number of benzene rings is 1.